The maximum Gasteiger partial charge on any atom is 0.0108 e. The lowest BCUT2D eigenvalue weighted by Gasteiger charge is -2.35. The van der Waals surface area contributed by atoms with E-state index in [-0.39, 0.29) is 0 Å². The molecule has 2 N–H and O–H groups in total. The van der Waals surface area contributed by atoms with Crippen molar-refractivity contribution in [1.82, 2.24) is 15.5 Å². The second-order valence-corrected chi connectivity index (χ2v) is 5.85. The molecular formula is C12H25N3. The van der Waals surface area contributed by atoms with E-state index in [9.17, 15) is 0 Å². The topological polar surface area (TPSA) is 27.3 Å². The Morgan fingerprint density at radius 3 is 2.53 bits per heavy atom. The number of rotatable bonds is 5. The molecule has 0 aromatic carbocycles. The van der Waals surface area contributed by atoms with Crippen LogP contribution >= 0.6 is 0 Å². The third-order valence-electron chi connectivity index (χ3n) is 3.31. The first-order valence-corrected chi connectivity index (χ1v) is 6.32. The molecular weight excluding hydrogens is 186 g/mol. The molecule has 0 unspecified atom stereocenters. The van der Waals surface area contributed by atoms with Crippen LogP contribution in [0, 0.1) is 5.41 Å². The van der Waals surface area contributed by atoms with Gasteiger partial charge in [-0.3, -0.25) is 0 Å². The molecule has 1 saturated carbocycles. The van der Waals surface area contributed by atoms with Crippen LogP contribution in [0.2, 0.25) is 0 Å². The van der Waals surface area contributed by atoms with E-state index >= 15 is 0 Å². The lowest BCUT2D eigenvalue weighted by Crippen LogP contribution is -2.49. The summed E-state index contributed by atoms with van der Waals surface area (Å²) in [4.78, 5) is 2.59. The molecule has 15 heavy (non-hydrogen) atoms. The number of hydrogen-bond acceptors (Lipinski definition) is 3. The van der Waals surface area contributed by atoms with Gasteiger partial charge in [0.25, 0.3) is 0 Å². The van der Waals surface area contributed by atoms with Crippen molar-refractivity contribution >= 4 is 0 Å². The zero-order valence-corrected chi connectivity index (χ0v) is 10.2. The molecule has 0 aromatic heterocycles. The number of nitrogens with zero attached hydrogens (tertiary/aromatic N) is 1. The van der Waals surface area contributed by atoms with Crippen LogP contribution in [0.5, 0.6) is 0 Å². The molecule has 0 aromatic rings. The Bertz CT molecular complexity index is 193. The van der Waals surface area contributed by atoms with E-state index in [2.05, 4.69) is 29.4 Å². The van der Waals surface area contributed by atoms with Crippen LogP contribution in [-0.4, -0.2) is 50.2 Å². The predicted octanol–water partition coefficient (Wildman–Crippen LogP) is 0.670. The highest BCUT2D eigenvalue weighted by Crippen LogP contribution is 2.22. The second-order valence-electron chi connectivity index (χ2n) is 5.85. The van der Waals surface area contributed by atoms with Crippen molar-refractivity contribution in [1.29, 1.82) is 0 Å². The molecule has 1 heterocycles. The van der Waals surface area contributed by atoms with Gasteiger partial charge in [-0.05, 0) is 18.3 Å². The standard InChI is InChI=1S/C12H25N3/c1-12(2,9-14-11-3-4-11)10-15-7-5-13-6-8-15/h11,13-14H,3-10H2,1-2H3. The molecule has 1 aliphatic carbocycles. The fraction of sp³-hybridized carbons (Fsp3) is 1.00. The first-order chi connectivity index (χ1) is 7.16. The Morgan fingerprint density at radius 1 is 1.27 bits per heavy atom. The van der Waals surface area contributed by atoms with Crippen molar-refractivity contribution in [2.75, 3.05) is 39.3 Å². The van der Waals surface area contributed by atoms with Crippen LogP contribution < -0.4 is 10.6 Å². The van der Waals surface area contributed by atoms with Crippen LogP contribution in [0.15, 0.2) is 0 Å². The Kier molecular flexibility index (Phi) is 3.65. The van der Waals surface area contributed by atoms with Crippen LogP contribution in [0.4, 0.5) is 0 Å². The normalized spacial score (nSPS) is 24.4. The summed E-state index contributed by atoms with van der Waals surface area (Å²) in [6.45, 7) is 11.9. The van der Waals surface area contributed by atoms with Gasteiger partial charge in [-0.25, -0.2) is 0 Å². The molecule has 0 bridgehead atoms. The molecule has 3 heteroatoms. The van der Waals surface area contributed by atoms with Gasteiger partial charge in [-0.2, -0.15) is 0 Å². The highest BCUT2D eigenvalue weighted by atomic mass is 15.2. The van der Waals surface area contributed by atoms with E-state index in [0.29, 0.717) is 5.41 Å². The maximum absolute atomic E-state index is 3.64. The summed E-state index contributed by atoms with van der Waals surface area (Å²) in [6, 6.07) is 0.840. The smallest absolute Gasteiger partial charge is 0.0108 e. The maximum atomic E-state index is 3.64. The van der Waals surface area contributed by atoms with Gasteiger partial charge >= 0.3 is 0 Å². The fourth-order valence-corrected chi connectivity index (χ4v) is 2.24. The monoisotopic (exact) mass is 211 g/mol. The number of nitrogens with one attached hydrogen (secondary N) is 2. The molecule has 0 amide bonds. The van der Waals surface area contributed by atoms with Gasteiger partial charge in [0.15, 0.2) is 0 Å². The van der Waals surface area contributed by atoms with Gasteiger partial charge in [0, 0.05) is 45.3 Å². The van der Waals surface area contributed by atoms with Crippen molar-refractivity contribution in [3.05, 3.63) is 0 Å². The van der Waals surface area contributed by atoms with Crippen LogP contribution in [0.1, 0.15) is 26.7 Å². The predicted molar refractivity (Wildman–Crippen MR) is 64.1 cm³/mol. The summed E-state index contributed by atoms with van der Waals surface area (Å²) in [7, 11) is 0. The van der Waals surface area contributed by atoms with E-state index in [1.165, 1.54) is 39.0 Å². The first-order valence-electron chi connectivity index (χ1n) is 6.32. The lowest BCUT2D eigenvalue weighted by molar-refractivity contribution is 0.158. The van der Waals surface area contributed by atoms with Crippen LogP contribution in [0.3, 0.4) is 0 Å². The molecule has 2 fully saturated rings. The minimum atomic E-state index is 0.417. The van der Waals surface area contributed by atoms with E-state index in [4.69, 9.17) is 0 Å². The van der Waals surface area contributed by atoms with Crippen molar-refractivity contribution in [3.8, 4) is 0 Å². The second kappa shape index (κ2) is 4.81. The Hall–Kier alpha value is -0.120. The van der Waals surface area contributed by atoms with E-state index in [1.807, 2.05) is 0 Å². The van der Waals surface area contributed by atoms with Crippen LogP contribution in [0.25, 0.3) is 0 Å². The SMILES string of the molecule is CC(C)(CNC1CC1)CN1CCNCC1. The molecule has 1 aliphatic heterocycles. The van der Waals surface area contributed by atoms with Crippen molar-refractivity contribution in [2.24, 2.45) is 5.41 Å². The minimum Gasteiger partial charge on any atom is -0.314 e. The average Bonchev–Trinajstić information content (AvgIpc) is 2.99. The zero-order valence-electron chi connectivity index (χ0n) is 10.2. The van der Waals surface area contributed by atoms with Gasteiger partial charge in [-0.15, -0.1) is 0 Å². The van der Waals surface area contributed by atoms with Gasteiger partial charge in [-0.1, -0.05) is 13.8 Å². The molecule has 88 valence electrons. The van der Waals surface area contributed by atoms with Gasteiger partial charge in [0.1, 0.15) is 0 Å². The molecule has 2 rings (SSSR count). The summed E-state index contributed by atoms with van der Waals surface area (Å²) in [5, 5.41) is 7.05. The molecule has 1 saturated heterocycles. The summed E-state index contributed by atoms with van der Waals surface area (Å²) in [5.41, 5.74) is 0.417. The average molecular weight is 211 g/mol. The molecule has 0 radical (unpaired) electrons. The minimum absolute atomic E-state index is 0.417. The highest BCUT2D eigenvalue weighted by Gasteiger charge is 2.27. The van der Waals surface area contributed by atoms with Gasteiger partial charge in [0.2, 0.25) is 0 Å². The van der Waals surface area contributed by atoms with Crippen molar-refractivity contribution in [2.45, 2.75) is 32.7 Å². The molecule has 0 spiro atoms. The van der Waals surface area contributed by atoms with Crippen molar-refractivity contribution in [3.63, 3.8) is 0 Å². The summed E-state index contributed by atoms with van der Waals surface area (Å²) >= 11 is 0. The third kappa shape index (κ3) is 4.09. The van der Waals surface area contributed by atoms with E-state index in [1.54, 1.807) is 0 Å². The Morgan fingerprint density at radius 2 is 1.93 bits per heavy atom. The highest BCUT2D eigenvalue weighted by molar-refractivity contribution is 4.85. The number of hydrogen-bond donors (Lipinski definition) is 2. The molecule has 0 atom stereocenters. The largest absolute Gasteiger partial charge is 0.314 e. The fourth-order valence-electron chi connectivity index (χ4n) is 2.24. The third-order valence-corrected chi connectivity index (χ3v) is 3.31. The summed E-state index contributed by atoms with van der Waals surface area (Å²) < 4.78 is 0. The van der Waals surface area contributed by atoms with E-state index in [0.717, 1.165) is 19.1 Å². The first kappa shape index (κ1) is 11.4. The van der Waals surface area contributed by atoms with Crippen LogP contribution in [-0.2, 0) is 0 Å². The van der Waals surface area contributed by atoms with Crippen molar-refractivity contribution < 1.29 is 0 Å². The Labute approximate surface area is 93.6 Å². The van der Waals surface area contributed by atoms with Gasteiger partial charge < -0.3 is 15.5 Å². The quantitative estimate of drug-likeness (QED) is 0.700. The van der Waals surface area contributed by atoms with E-state index < -0.39 is 0 Å². The Balaban J connectivity index is 1.69. The summed E-state index contributed by atoms with van der Waals surface area (Å²) in [6.07, 6.45) is 2.79. The molecule has 2 aliphatic rings. The lowest BCUT2D eigenvalue weighted by atomic mass is 9.92. The molecule has 3 nitrogen and oxygen atoms in total. The number of piperazine rings is 1. The summed E-state index contributed by atoms with van der Waals surface area (Å²) in [5.74, 6) is 0. The van der Waals surface area contributed by atoms with Gasteiger partial charge in [0.05, 0.1) is 0 Å². The zero-order chi connectivity index (χ0) is 10.7.